The standard InChI is InChI=1S/C13H12FN3O4/c1-8-15-12(17(19)20)11(16(8)2)13(18)21-7-9-4-3-5-10(14)6-9/h3-6H,7H2,1-2H3. The Morgan fingerprint density at radius 3 is 2.86 bits per heavy atom. The number of carbonyl (C=O) groups excluding carboxylic acids is 1. The predicted octanol–water partition coefficient (Wildman–Crippen LogP) is 2.13. The van der Waals surface area contributed by atoms with Gasteiger partial charge in [-0.3, -0.25) is 4.57 Å². The second kappa shape index (κ2) is 5.70. The Bertz CT molecular complexity index is 711. The molecule has 0 bridgehead atoms. The number of rotatable bonds is 4. The molecule has 1 aromatic carbocycles. The molecule has 7 nitrogen and oxygen atoms in total. The molecule has 0 atom stereocenters. The van der Waals surface area contributed by atoms with Crippen LogP contribution in [-0.4, -0.2) is 20.4 Å². The van der Waals surface area contributed by atoms with Crippen molar-refractivity contribution in [2.75, 3.05) is 0 Å². The summed E-state index contributed by atoms with van der Waals surface area (Å²) in [6.07, 6.45) is 0. The number of aryl methyl sites for hydroxylation is 1. The van der Waals surface area contributed by atoms with E-state index >= 15 is 0 Å². The third-order valence-corrected chi connectivity index (χ3v) is 2.93. The second-order valence-electron chi connectivity index (χ2n) is 4.35. The molecule has 21 heavy (non-hydrogen) atoms. The molecule has 2 rings (SSSR count). The van der Waals surface area contributed by atoms with E-state index in [-0.39, 0.29) is 12.3 Å². The average Bonchev–Trinajstić information content (AvgIpc) is 2.73. The van der Waals surface area contributed by atoms with Crippen LogP contribution in [0.1, 0.15) is 21.9 Å². The van der Waals surface area contributed by atoms with Crippen molar-refractivity contribution in [3.8, 4) is 0 Å². The minimum Gasteiger partial charge on any atom is -0.456 e. The van der Waals surface area contributed by atoms with E-state index in [0.717, 1.165) is 0 Å². The van der Waals surface area contributed by atoms with Crippen LogP contribution in [0.4, 0.5) is 10.2 Å². The van der Waals surface area contributed by atoms with E-state index in [1.54, 1.807) is 6.07 Å². The summed E-state index contributed by atoms with van der Waals surface area (Å²) in [6, 6.07) is 5.55. The molecule has 0 radical (unpaired) electrons. The first-order chi connectivity index (χ1) is 9.90. The summed E-state index contributed by atoms with van der Waals surface area (Å²) in [6.45, 7) is 1.36. The van der Waals surface area contributed by atoms with Crippen molar-refractivity contribution in [1.82, 2.24) is 9.55 Å². The lowest BCUT2D eigenvalue weighted by Crippen LogP contribution is -2.12. The van der Waals surface area contributed by atoms with Crippen LogP contribution in [0.5, 0.6) is 0 Å². The fourth-order valence-corrected chi connectivity index (χ4v) is 1.79. The monoisotopic (exact) mass is 293 g/mol. The summed E-state index contributed by atoms with van der Waals surface area (Å²) >= 11 is 0. The Morgan fingerprint density at radius 1 is 1.52 bits per heavy atom. The van der Waals surface area contributed by atoms with E-state index in [2.05, 4.69) is 4.98 Å². The molecule has 2 aromatic rings. The Hall–Kier alpha value is -2.77. The van der Waals surface area contributed by atoms with Gasteiger partial charge in [-0.25, -0.2) is 9.18 Å². The number of ether oxygens (including phenoxy) is 1. The lowest BCUT2D eigenvalue weighted by atomic mass is 10.2. The van der Waals surface area contributed by atoms with Crippen LogP contribution in [0.25, 0.3) is 0 Å². The summed E-state index contributed by atoms with van der Waals surface area (Å²) in [7, 11) is 1.48. The van der Waals surface area contributed by atoms with Crippen LogP contribution < -0.4 is 0 Å². The average molecular weight is 293 g/mol. The molecule has 0 saturated heterocycles. The van der Waals surface area contributed by atoms with E-state index < -0.39 is 22.5 Å². The molecular weight excluding hydrogens is 281 g/mol. The highest BCUT2D eigenvalue weighted by atomic mass is 19.1. The lowest BCUT2D eigenvalue weighted by Gasteiger charge is -2.05. The number of nitrogens with zero attached hydrogens (tertiary/aromatic N) is 3. The van der Waals surface area contributed by atoms with E-state index in [0.29, 0.717) is 11.4 Å². The molecule has 0 unspecified atom stereocenters. The smallest absolute Gasteiger partial charge is 0.397 e. The van der Waals surface area contributed by atoms with Gasteiger partial charge in [0.25, 0.3) is 0 Å². The third kappa shape index (κ3) is 3.04. The quantitative estimate of drug-likeness (QED) is 0.489. The van der Waals surface area contributed by atoms with Crippen LogP contribution in [0.15, 0.2) is 24.3 Å². The van der Waals surface area contributed by atoms with Gasteiger partial charge in [0.05, 0.1) is 0 Å². The van der Waals surface area contributed by atoms with Crippen LogP contribution in [-0.2, 0) is 18.4 Å². The zero-order chi connectivity index (χ0) is 15.6. The van der Waals surface area contributed by atoms with Crippen molar-refractivity contribution in [3.05, 3.63) is 57.3 Å². The van der Waals surface area contributed by atoms with Crippen molar-refractivity contribution in [3.63, 3.8) is 0 Å². The molecule has 0 saturated carbocycles. The topological polar surface area (TPSA) is 87.3 Å². The van der Waals surface area contributed by atoms with Gasteiger partial charge in [-0.15, -0.1) is 0 Å². The normalized spacial score (nSPS) is 10.4. The van der Waals surface area contributed by atoms with Gasteiger partial charge < -0.3 is 14.9 Å². The van der Waals surface area contributed by atoms with Gasteiger partial charge in [-0.05, 0) is 27.6 Å². The first kappa shape index (κ1) is 14.6. The lowest BCUT2D eigenvalue weighted by molar-refractivity contribution is -0.389. The Balaban J connectivity index is 2.19. The molecule has 0 aliphatic heterocycles. The fraction of sp³-hybridized carbons (Fsp3) is 0.231. The number of hydrogen-bond acceptors (Lipinski definition) is 5. The molecule has 0 N–H and O–H groups in total. The summed E-state index contributed by atoms with van der Waals surface area (Å²) in [5, 5.41) is 10.9. The zero-order valence-corrected chi connectivity index (χ0v) is 11.4. The van der Waals surface area contributed by atoms with Crippen LogP contribution in [0, 0.1) is 22.9 Å². The number of carbonyl (C=O) groups is 1. The Morgan fingerprint density at radius 2 is 2.24 bits per heavy atom. The maximum atomic E-state index is 13.0. The van der Waals surface area contributed by atoms with Gasteiger partial charge in [-0.1, -0.05) is 12.1 Å². The molecule has 8 heteroatoms. The molecule has 0 amide bonds. The highest BCUT2D eigenvalue weighted by Crippen LogP contribution is 2.19. The zero-order valence-electron chi connectivity index (χ0n) is 11.4. The molecule has 0 spiro atoms. The minimum atomic E-state index is -0.880. The van der Waals surface area contributed by atoms with E-state index in [1.807, 2.05) is 0 Å². The highest BCUT2D eigenvalue weighted by molar-refractivity contribution is 5.91. The van der Waals surface area contributed by atoms with Gasteiger partial charge in [0.2, 0.25) is 11.5 Å². The van der Waals surface area contributed by atoms with Crippen molar-refractivity contribution in [1.29, 1.82) is 0 Å². The van der Waals surface area contributed by atoms with Crippen LogP contribution in [0.2, 0.25) is 0 Å². The molecule has 110 valence electrons. The summed E-state index contributed by atoms with van der Waals surface area (Å²) in [5.41, 5.74) is 0.207. The molecule has 1 aromatic heterocycles. The maximum Gasteiger partial charge on any atom is 0.397 e. The SMILES string of the molecule is Cc1nc([N+](=O)[O-])c(C(=O)OCc2cccc(F)c2)n1C. The summed E-state index contributed by atoms with van der Waals surface area (Å²) < 4.78 is 19.3. The fourth-order valence-electron chi connectivity index (χ4n) is 1.79. The first-order valence-electron chi connectivity index (χ1n) is 5.99. The molecule has 1 heterocycles. The van der Waals surface area contributed by atoms with Gasteiger partial charge >= 0.3 is 11.8 Å². The largest absolute Gasteiger partial charge is 0.456 e. The number of esters is 1. The van der Waals surface area contributed by atoms with Gasteiger partial charge in [0.15, 0.2) is 0 Å². The van der Waals surface area contributed by atoms with Crippen LogP contribution in [0.3, 0.4) is 0 Å². The van der Waals surface area contributed by atoms with E-state index in [1.165, 1.54) is 36.7 Å². The molecule has 0 fully saturated rings. The summed E-state index contributed by atoms with van der Waals surface area (Å²) in [4.78, 5) is 25.8. The predicted molar refractivity (Wildman–Crippen MR) is 70.1 cm³/mol. The number of nitro groups is 1. The Labute approximate surface area is 119 Å². The van der Waals surface area contributed by atoms with Crippen LogP contribution >= 0.6 is 0 Å². The van der Waals surface area contributed by atoms with Gasteiger partial charge in [-0.2, -0.15) is 0 Å². The first-order valence-corrected chi connectivity index (χ1v) is 5.99. The van der Waals surface area contributed by atoms with Gasteiger partial charge in [0.1, 0.15) is 12.4 Å². The number of imidazole rings is 1. The molecule has 0 aliphatic carbocycles. The summed E-state index contributed by atoms with van der Waals surface area (Å²) in [5.74, 6) is -1.57. The van der Waals surface area contributed by atoms with Crippen molar-refractivity contribution in [2.24, 2.45) is 7.05 Å². The number of hydrogen-bond donors (Lipinski definition) is 0. The number of halogens is 1. The molecular formula is C13H12FN3O4. The number of aromatic nitrogens is 2. The van der Waals surface area contributed by atoms with Crippen molar-refractivity contribution >= 4 is 11.8 Å². The number of benzene rings is 1. The second-order valence-corrected chi connectivity index (χ2v) is 4.35. The Kier molecular flexibility index (Phi) is 3.97. The highest BCUT2D eigenvalue weighted by Gasteiger charge is 2.30. The van der Waals surface area contributed by atoms with Gasteiger partial charge in [0, 0.05) is 14.0 Å². The maximum absolute atomic E-state index is 13.0. The van der Waals surface area contributed by atoms with E-state index in [4.69, 9.17) is 4.74 Å². The van der Waals surface area contributed by atoms with E-state index in [9.17, 15) is 19.3 Å². The third-order valence-electron chi connectivity index (χ3n) is 2.93. The van der Waals surface area contributed by atoms with Crippen molar-refractivity contribution in [2.45, 2.75) is 13.5 Å². The minimum absolute atomic E-state index is 0.183. The van der Waals surface area contributed by atoms with Crippen molar-refractivity contribution < 1.29 is 18.8 Å². The molecule has 0 aliphatic rings.